The van der Waals surface area contributed by atoms with Crippen LogP contribution in [0.5, 0.6) is 0 Å². The van der Waals surface area contributed by atoms with Crippen molar-refractivity contribution >= 4 is 22.6 Å². The summed E-state index contributed by atoms with van der Waals surface area (Å²) in [5, 5.41) is 3.22. The van der Waals surface area contributed by atoms with E-state index < -0.39 is 10.2 Å². The lowest BCUT2D eigenvalue weighted by Gasteiger charge is -2.33. The van der Waals surface area contributed by atoms with Gasteiger partial charge in [-0.2, -0.15) is 17.0 Å². The van der Waals surface area contributed by atoms with Crippen molar-refractivity contribution in [3.05, 3.63) is 0 Å². The Balaban J connectivity index is 0.00000196. The second-order valence-corrected chi connectivity index (χ2v) is 5.67. The second kappa shape index (κ2) is 6.00. The Morgan fingerprint density at radius 3 is 2.60 bits per heavy atom. The Hall–Kier alpha value is 0.120. The third-order valence-electron chi connectivity index (χ3n) is 2.50. The average Bonchev–Trinajstić information content (AvgIpc) is 2.16. The normalized spacial score (nSPS) is 23.9. The van der Waals surface area contributed by atoms with Gasteiger partial charge in [0.25, 0.3) is 10.2 Å². The fraction of sp³-hybridized carbons (Fsp3) is 1.00. The lowest BCUT2D eigenvalue weighted by molar-refractivity contribution is 0.290. The molecule has 5 nitrogen and oxygen atoms in total. The molecule has 1 fully saturated rings. The van der Waals surface area contributed by atoms with Crippen molar-refractivity contribution in [3.63, 3.8) is 0 Å². The van der Waals surface area contributed by atoms with E-state index in [1.807, 2.05) is 13.8 Å². The van der Waals surface area contributed by atoms with Crippen molar-refractivity contribution < 1.29 is 8.42 Å². The molecule has 0 aromatic rings. The molecular weight excluding hydrogens is 238 g/mol. The van der Waals surface area contributed by atoms with Gasteiger partial charge in [-0.25, -0.2) is 0 Å². The zero-order valence-corrected chi connectivity index (χ0v) is 11.1. The Morgan fingerprint density at radius 1 is 1.53 bits per heavy atom. The standard InChI is InChI=1S/C8H19N3O2S.ClH/c1-4-10(3)14(12,13)11-6-5-9-8(2)7-11;/h8-9H,4-7H2,1-3H3;1H/t8-;/m1./s1. The molecule has 1 rings (SSSR count). The quantitative estimate of drug-likeness (QED) is 0.768. The summed E-state index contributed by atoms with van der Waals surface area (Å²) in [6.45, 7) is 6.21. The molecule has 0 spiro atoms. The number of rotatable bonds is 3. The molecule has 1 saturated heterocycles. The van der Waals surface area contributed by atoms with Crippen LogP contribution in [-0.4, -0.2) is 56.3 Å². The van der Waals surface area contributed by atoms with Gasteiger partial charge in [-0.05, 0) is 6.92 Å². The summed E-state index contributed by atoms with van der Waals surface area (Å²) in [7, 11) is -1.61. The largest absolute Gasteiger partial charge is 0.312 e. The van der Waals surface area contributed by atoms with E-state index in [2.05, 4.69) is 5.32 Å². The van der Waals surface area contributed by atoms with E-state index in [4.69, 9.17) is 0 Å². The molecule has 0 unspecified atom stereocenters. The lowest BCUT2D eigenvalue weighted by atomic mass is 10.3. The second-order valence-electron chi connectivity index (χ2n) is 3.64. The third kappa shape index (κ3) is 3.57. The SMILES string of the molecule is CCN(C)S(=O)(=O)N1CCN[C@H](C)C1.Cl. The van der Waals surface area contributed by atoms with Crippen LogP contribution >= 0.6 is 12.4 Å². The van der Waals surface area contributed by atoms with E-state index in [1.165, 1.54) is 8.61 Å². The first-order chi connectivity index (χ1) is 6.48. The summed E-state index contributed by atoms with van der Waals surface area (Å²) in [5.74, 6) is 0. The van der Waals surface area contributed by atoms with E-state index in [0.717, 1.165) is 6.54 Å². The summed E-state index contributed by atoms with van der Waals surface area (Å²) >= 11 is 0. The van der Waals surface area contributed by atoms with Gasteiger partial charge in [-0.3, -0.25) is 0 Å². The fourth-order valence-electron chi connectivity index (χ4n) is 1.47. The molecule has 0 aromatic carbocycles. The molecule has 1 aliphatic heterocycles. The summed E-state index contributed by atoms with van der Waals surface area (Å²) in [6, 6.07) is 0.240. The summed E-state index contributed by atoms with van der Waals surface area (Å²) in [5.41, 5.74) is 0. The Kier molecular flexibility index (Phi) is 6.05. The van der Waals surface area contributed by atoms with E-state index >= 15 is 0 Å². The molecule has 0 radical (unpaired) electrons. The fourth-order valence-corrected chi connectivity index (χ4v) is 2.92. The van der Waals surface area contributed by atoms with Crippen LogP contribution < -0.4 is 5.32 Å². The molecule has 1 atom stereocenters. The van der Waals surface area contributed by atoms with Crippen molar-refractivity contribution in [3.8, 4) is 0 Å². The van der Waals surface area contributed by atoms with Gasteiger partial charge in [0.1, 0.15) is 0 Å². The summed E-state index contributed by atoms with van der Waals surface area (Å²) in [6.07, 6.45) is 0. The van der Waals surface area contributed by atoms with Crippen LogP contribution in [0.1, 0.15) is 13.8 Å². The highest BCUT2D eigenvalue weighted by Crippen LogP contribution is 2.09. The van der Waals surface area contributed by atoms with Gasteiger partial charge >= 0.3 is 0 Å². The minimum atomic E-state index is -3.22. The molecule has 92 valence electrons. The molecule has 1 N–H and O–H groups in total. The van der Waals surface area contributed by atoms with Gasteiger partial charge in [-0.1, -0.05) is 6.92 Å². The molecule has 0 amide bonds. The Labute approximate surface area is 98.4 Å². The summed E-state index contributed by atoms with van der Waals surface area (Å²) < 4.78 is 26.7. The first-order valence-corrected chi connectivity index (χ1v) is 6.33. The van der Waals surface area contributed by atoms with Gasteiger partial charge in [-0.15, -0.1) is 12.4 Å². The maximum absolute atomic E-state index is 11.9. The van der Waals surface area contributed by atoms with Crippen LogP contribution in [0.25, 0.3) is 0 Å². The molecule has 0 aliphatic carbocycles. The van der Waals surface area contributed by atoms with Crippen LogP contribution in [0, 0.1) is 0 Å². The zero-order valence-electron chi connectivity index (χ0n) is 9.43. The molecule has 7 heteroatoms. The van der Waals surface area contributed by atoms with Crippen molar-refractivity contribution in [1.29, 1.82) is 0 Å². The number of nitrogens with one attached hydrogen (secondary N) is 1. The predicted octanol–water partition coefficient (Wildman–Crippen LogP) is -0.102. The third-order valence-corrected chi connectivity index (χ3v) is 4.53. The van der Waals surface area contributed by atoms with Crippen LogP contribution in [0.3, 0.4) is 0 Å². The first kappa shape index (κ1) is 15.1. The number of hydrogen-bond donors (Lipinski definition) is 1. The smallest absolute Gasteiger partial charge is 0.281 e. The molecule has 0 bridgehead atoms. The predicted molar refractivity (Wildman–Crippen MR) is 63.5 cm³/mol. The van der Waals surface area contributed by atoms with Crippen molar-refractivity contribution in [2.24, 2.45) is 0 Å². The maximum atomic E-state index is 11.9. The minimum Gasteiger partial charge on any atom is -0.312 e. The van der Waals surface area contributed by atoms with Crippen molar-refractivity contribution in [2.45, 2.75) is 19.9 Å². The van der Waals surface area contributed by atoms with Crippen molar-refractivity contribution in [2.75, 3.05) is 33.2 Å². The maximum Gasteiger partial charge on any atom is 0.281 e. The zero-order chi connectivity index (χ0) is 10.8. The van der Waals surface area contributed by atoms with Gasteiger partial charge in [0.15, 0.2) is 0 Å². The minimum absolute atomic E-state index is 0. The number of nitrogens with zero attached hydrogens (tertiary/aromatic N) is 2. The molecule has 0 aromatic heterocycles. The molecular formula is C8H20ClN3O2S. The van der Waals surface area contributed by atoms with Gasteiger partial charge < -0.3 is 5.32 Å². The van der Waals surface area contributed by atoms with Crippen molar-refractivity contribution in [1.82, 2.24) is 13.9 Å². The highest BCUT2D eigenvalue weighted by molar-refractivity contribution is 7.86. The van der Waals surface area contributed by atoms with E-state index in [0.29, 0.717) is 19.6 Å². The number of halogens is 1. The van der Waals surface area contributed by atoms with Gasteiger partial charge in [0, 0.05) is 39.3 Å². The van der Waals surface area contributed by atoms with E-state index in [9.17, 15) is 8.42 Å². The lowest BCUT2D eigenvalue weighted by Crippen LogP contribution is -2.54. The highest BCUT2D eigenvalue weighted by Gasteiger charge is 2.29. The number of hydrogen-bond acceptors (Lipinski definition) is 3. The van der Waals surface area contributed by atoms with Crippen LogP contribution in [0.2, 0.25) is 0 Å². The monoisotopic (exact) mass is 257 g/mol. The highest BCUT2D eigenvalue weighted by atomic mass is 35.5. The van der Waals surface area contributed by atoms with Crippen LogP contribution in [-0.2, 0) is 10.2 Å². The van der Waals surface area contributed by atoms with E-state index in [-0.39, 0.29) is 18.4 Å². The molecule has 0 saturated carbocycles. The topological polar surface area (TPSA) is 52.7 Å². The summed E-state index contributed by atoms with van der Waals surface area (Å²) in [4.78, 5) is 0. The Morgan fingerprint density at radius 2 is 2.13 bits per heavy atom. The van der Waals surface area contributed by atoms with E-state index in [1.54, 1.807) is 7.05 Å². The Bertz CT molecular complexity index is 284. The molecule has 15 heavy (non-hydrogen) atoms. The first-order valence-electron chi connectivity index (χ1n) is 4.93. The van der Waals surface area contributed by atoms with Gasteiger partial charge in [0.05, 0.1) is 0 Å². The van der Waals surface area contributed by atoms with Gasteiger partial charge in [0.2, 0.25) is 0 Å². The molecule has 1 heterocycles. The molecule has 1 aliphatic rings. The average molecular weight is 258 g/mol. The van der Waals surface area contributed by atoms with Crippen LogP contribution in [0.4, 0.5) is 0 Å². The van der Waals surface area contributed by atoms with Crippen LogP contribution in [0.15, 0.2) is 0 Å². The number of piperazine rings is 1.